The summed E-state index contributed by atoms with van der Waals surface area (Å²) in [5.74, 6) is 0.560. The van der Waals surface area contributed by atoms with Crippen molar-refractivity contribution >= 4 is 34.8 Å². The number of ether oxygens (including phenoxy) is 1. The topological polar surface area (TPSA) is 35.2 Å². The molecule has 0 aliphatic heterocycles. The van der Waals surface area contributed by atoms with Gasteiger partial charge in [-0.15, -0.1) is 0 Å². The summed E-state index contributed by atoms with van der Waals surface area (Å²) in [6.45, 7) is 2.01. The van der Waals surface area contributed by atoms with Gasteiger partial charge in [0.2, 0.25) is 0 Å². The third-order valence-electron chi connectivity index (χ3n) is 3.21. The molecule has 0 saturated carbocycles. The highest BCUT2D eigenvalue weighted by molar-refractivity contribution is 6.35. The van der Waals surface area contributed by atoms with Crippen molar-refractivity contribution < 1.29 is 4.74 Å². The van der Waals surface area contributed by atoms with Crippen LogP contribution in [0.2, 0.25) is 15.1 Å². The highest BCUT2D eigenvalue weighted by atomic mass is 35.5. The van der Waals surface area contributed by atoms with Gasteiger partial charge in [-0.1, -0.05) is 53.9 Å². The molecule has 2 rings (SSSR count). The van der Waals surface area contributed by atoms with Gasteiger partial charge in [0.05, 0.1) is 5.02 Å². The zero-order valence-corrected chi connectivity index (χ0v) is 13.8. The molecule has 0 aliphatic rings. The van der Waals surface area contributed by atoms with E-state index >= 15 is 0 Å². The smallest absolute Gasteiger partial charge is 0.139 e. The molecule has 5 heteroatoms. The molecule has 2 N–H and O–H groups in total. The highest BCUT2D eigenvalue weighted by Gasteiger charge is 2.21. The van der Waals surface area contributed by atoms with Crippen molar-refractivity contribution in [3.63, 3.8) is 0 Å². The van der Waals surface area contributed by atoms with Crippen molar-refractivity contribution in [1.82, 2.24) is 0 Å². The number of benzene rings is 2. The Kier molecular flexibility index (Phi) is 5.77. The minimum absolute atomic E-state index is 0.155. The monoisotopic (exact) mass is 343 g/mol. The Bertz CT molecular complexity index is 601. The second-order valence-electron chi connectivity index (χ2n) is 4.74. The van der Waals surface area contributed by atoms with E-state index < -0.39 is 0 Å². The van der Waals surface area contributed by atoms with E-state index in [9.17, 15) is 0 Å². The molecule has 0 fully saturated rings. The van der Waals surface area contributed by atoms with E-state index in [1.54, 1.807) is 18.2 Å². The van der Waals surface area contributed by atoms with E-state index in [0.717, 1.165) is 12.0 Å². The van der Waals surface area contributed by atoms with E-state index in [1.807, 2.05) is 31.2 Å². The molecule has 0 heterocycles. The van der Waals surface area contributed by atoms with Crippen LogP contribution in [0.4, 0.5) is 0 Å². The SMILES string of the molecule is CCC(N)C(Oc1ccc(Cl)cc1Cl)c1ccc(Cl)cc1. The predicted molar refractivity (Wildman–Crippen MR) is 89.5 cm³/mol. The van der Waals surface area contributed by atoms with Crippen molar-refractivity contribution in [2.75, 3.05) is 0 Å². The third kappa shape index (κ3) is 4.27. The van der Waals surface area contributed by atoms with E-state index in [2.05, 4.69) is 0 Å². The standard InChI is InChI=1S/C16H16Cl3NO/c1-2-14(20)16(10-3-5-11(17)6-4-10)21-15-8-7-12(18)9-13(15)19/h3-9,14,16H,2,20H2,1H3. The maximum absolute atomic E-state index is 6.19. The Morgan fingerprint density at radius 1 is 1.00 bits per heavy atom. The van der Waals surface area contributed by atoms with E-state index in [0.29, 0.717) is 20.8 Å². The summed E-state index contributed by atoms with van der Waals surface area (Å²) in [5.41, 5.74) is 7.15. The van der Waals surface area contributed by atoms with Crippen LogP contribution >= 0.6 is 34.8 Å². The molecule has 0 aliphatic carbocycles. The number of rotatable bonds is 5. The maximum Gasteiger partial charge on any atom is 0.139 e. The Hall–Kier alpha value is -0.930. The van der Waals surface area contributed by atoms with Gasteiger partial charge in [-0.3, -0.25) is 0 Å². The van der Waals surface area contributed by atoms with Gasteiger partial charge in [0, 0.05) is 16.1 Å². The van der Waals surface area contributed by atoms with Crippen LogP contribution in [0.15, 0.2) is 42.5 Å². The average Bonchev–Trinajstić information content (AvgIpc) is 2.47. The molecule has 2 aromatic rings. The van der Waals surface area contributed by atoms with Crippen molar-refractivity contribution in [3.8, 4) is 5.75 Å². The number of halogens is 3. The molecule has 112 valence electrons. The molecule has 0 saturated heterocycles. The lowest BCUT2D eigenvalue weighted by atomic mass is 10.0. The van der Waals surface area contributed by atoms with Gasteiger partial charge in [-0.05, 0) is 42.3 Å². The van der Waals surface area contributed by atoms with Crippen LogP contribution in [0.3, 0.4) is 0 Å². The molecular weight excluding hydrogens is 329 g/mol. The molecule has 2 atom stereocenters. The van der Waals surface area contributed by atoms with Gasteiger partial charge in [0.15, 0.2) is 0 Å². The largest absolute Gasteiger partial charge is 0.483 e. The van der Waals surface area contributed by atoms with Crippen LogP contribution in [-0.2, 0) is 0 Å². The van der Waals surface area contributed by atoms with Gasteiger partial charge in [0.1, 0.15) is 11.9 Å². The fourth-order valence-corrected chi connectivity index (χ4v) is 2.56. The van der Waals surface area contributed by atoms with E-state index in [4.69, 9.17) is 45.3 Å². The summed E-state index contributed by atoms with van der Waals surface area (Å²) >= 11 is 18.0. The molecule has 0 radical (unpaired) electrons. The normalized spacial score (nSPS) is 13.8. The number of hydrogen-bond acceptors (Lipinski definition) is 2. The summed E-state index contributed by atoms with van der Waals surface area (Å²) in [4.78, 5) is 0. The summed E-state index contributed by atoms with van der Waals surface area (Å²) in [6, 6.07) is 12.4. The maximum atomic E-state index is 6.19. The molecule has 2 nitrogen and oxygen atoms in total. The minimum atomic E-state index is -0.300. The fourth-order valence-electron chi connectivity index (χ4n) is 1.98. The number of nitrogens with two attached hydrogens (primary N) is 1. The second-order valence-corrected chi connectivity index (χ2v) is 6.02. The highest BCUT2D eigenvalue weighted by Crippen LogP contribution is 2.33. The summed E-state index contributed by atoms with van der Waals surface area (Å²) in [5, 5.41) is 1.70. The van der Waals surface area contributed by atoms with Gasteiger partial charge in [0.25, 0.3) is 0 Å². The fraction of sp³-hybridized carbons (Fsp3) is 0.250. The molecule has 2 aromatic carbocycles. The Balaban J connectivity index is 2.30. The minimum Gasteiger partial charge on any atom is -0.483 e. The van der Waals surface area contributed by atoms with Crippen LogP contribution in [0.25, 0.3) is 0 Å². The first-order chi connectivity index (χ1) is 10.0. The molecule has 0 aromatic heterocycles. The Labute approximate surface area is 139 Å². The summed E-state index contributed by atoms with van der Waals surface area (Å²) in [7, 11) is 0. The first-order valence-electron chi connectivity index (χ1n) is 6.64. The Morgan fingerprint density at radius 2 is 1.62 bits per heavy atom. The lowest BCUT2D eigenvalue weighted by molar-refractivity contribution is 0.171. The van der Waals surface area contributed by atoms with Gasteiger partial charge in [-0.25, -0.2) is 0 Å². The van der Waals surface area contributed by atoms with Crippen LogP contribution in [0.5, 0.6) is 5.75 Å². The van der Waals surface area contributed by atoms with Crippen molar-refractivity contribution in [2.45, 2.75) is 25.5 Å². The summed E-state index contributed by atoms with van der Waals surface area (Å²) < 4.78 is 6.02. The number of hydrogen-bond donors (Lipinski definition) is 1. The van der Waals surface area contributed by atoms with Crippen LogP contribution in [0.1, 0.15) is 25.0 Å². The quantitative estimate of drug-likeness (QED) is 0.776. The van der Waals surface area contributed by atoms with Crippen LogP contribution in [-0.4, -0.2) is 6.04 Å². The lowest BCUT2D eigenvalue weighted by Crippen LogP contribution is -2.31. The van der Waals surface area contributed by atoms with E-state index in [1.165, 1.54) is 0 Å². The molecule has 0 spiro atoms. The zero-order valence-electron chi connectivity index (χ0n) is 11.5. The molecule has 0 amide bonds. The summed E-state index contributed by atoms with van der Waals surface area (Å²) in [6.07, 6.45) is 0.476. The zero-order chi connectivity index (χ0) is 15.4. The molecule has 0 bridgehead atoms. The van der Waals surface area contributed by atoms with Crippen molar-refractivity contribution in [2.24, 2.45) is 5.73 Å². The third-order valence-corrected chi connectivity index (χ3v) is 3.99. The lowest BCUT2D eigenvalue weighted by Gasteiger charge is -2.25. The van der Waals surface area contributed by atoms with Gasteiger partial charge < -0.3 is 10.5 Å². The van der Waals surface area contributed by atoms with E-state index in [-0.39, 0.29) is 12.1 Å². The van der Waals surface area contributed by atoms with Gasteiger partial charge in [-0.2, -0.15) is 0 Å². The molecule has 21 heavy (non-hydrogen) atoms. The Morgan fingerprint density at radius 3 is 2.19 bits per heavy atom. The first-order valence-corrected chi connectivity index (χ1v) is 7.77. The molecule has 2 unspecified atom stereocenters. The average molecular weight is 345 g/mol. The van der Waals surface area contributed by atoms with Crippen molar-refractivity contribution in [1.29, 1.82) is 0 Å². The second kappa shape index (κ2) is 7.37. The van der Waals surface area contributed by atoms with Gasteiger partial charge >= 0.3 is 0 Å². The van der Waals surface area contributed by atoms with Crippen LogP contribution < -0.4 is 10.5 Å². The van der Waals surface area contributed by atoms with Crippen LogP contribution in [0, 0.1) is 0 Å². The predicted octanol–water partition coefficient (Wildman–Crippen LogP) is 5.50. The molecular formula is C16H16Cl3NO. The first kappa shape index (κ1) is 16.4. The van der Waals surface area contributed by atoms with Crippen molar-refractivity contribution in [3.05, 3.63) is 63.1 Å².